The van der Waals surface area contributed by atoms with E-state index < -0.39 is 0 Å². The summed E-state index contributed by atoms with van der Waals surface area (Å²) in [6.07, 6.45) is 5.87. The van der Waals surface area contributed by atoms with Gasteiger partial charge in [-0.15, -0.1) is 0 Å². The molecule has 0 spiro atoms. The Morgan fingerprint density at radius 3 is 2.43 bits per heavy atom. The van der Waals surface area contributed by atoms with Gasteiger partial charge in [-0.05, 0) is 48.4 Å². The molecule has 7 heteroatoms. The number of nitrogens with zero attached hydrogens (tertiary/aromatic N) is 2. The highest BCUT2D eigenvalue weighted by atomic mass is 16.7. The molecule has 1 atom stereocenters. The van der Waals surface area contributed by atoms with Crippen LogP contribution < -0.4 is 14.8 Å². The van der Waals surface area contributed by atoms with E-state index in [2.05, 4.69) is 22.3 Å². The molecule has 0 bridgehead atoms. The topological polar surface area (TPSA) is 71.1 Å². The van der Waals surface area contributed by atoms with Gasteiger partial charge in [0, 0.05) is 39.1 Å². The number of amides is 2. The maximum atomic E-state index is 13.4. The van der Waals surface area contributed by atoms with Gasteiger partial charge in [0.25, 0.3) is 0 Å². The van der Waals surface area contributed by atoms with Gasteiger partial charge in [-0.2, -0.15) is 0 Å². The quantitative estimate of drug-likeness (QED) is 0.631. The van der Waals surface area contributed by atoms with Crippen molar-refractivity contribution in [1.29, 1.82) is 0 Å². The standard InChI is InChI=1S/C28H35N3O4/c32-26(13-11-21-6-2-1-3-7-21)30-14-16-31(17-15-30)27(23-8-4-5-9-23)28(33)29-19-22-10-12-24-25(18-22)35-20-34-24/h1-3,6-7,10,12,18,23,27H,4-5,8-9,11,13-17,19-20H2,(H,29,33). The first kappa shape index (κ1) is 23.7. The fraction of sp³-hybridized carbons (Fsp3) is 0.500. The maximum Gasteiger partial charge on any atom is 0.237 e. The third kappa shape index (κ3) is 5.78. The minimum Gasteiger partial charge on any atom is -0.454 e. The van der Waals surface area contributed by atoms with Crippen LogP contribution in [-0.2, 0) is 22.6 Å². The van der Waals surface area contributed by atoms with Crippen molar-refractivity contribution in [3.63, 3.8) is 0 Å². The van der Waals surface area contributed by atoms with Gasteiger partial charge in [-0.25, -0.2) is 0 Å². The molecule has 5 rings (SSSR count). The third-order valence-electron chi connectivity index (χ3n) is 7.55. The van der Waals surface area contributed by atoms with Gasteiger partial charge in [-0.3, -0.25) is 14.5 Å². The van der Waals surface area contributed by atoms with Crippen molar-refractivity contribution >= 4 is 11.8 Å². The van der Waals surface area contributed by atoms with Crippen molar-refractivity contribution in [1.82, 2.24) is 15.1 Å². The van der Waals surface area contributed by atoms with Gasteiger partial charge >= 0.3 is 0 Å². The Balaban J connectivity index is 1.15. The van der Waals surface area contributed by atoms with Crippen LogP contribution in [0.2, 0.25) is 0 Å². The molecule has 0 radical (unpaired) electrons. The van der Waals surface area contributed by atoms with Crippen LogP contribution in [0.25, 0.3) is 0 Å². The predicted octanol–water partition coefficient (Wildman–Crippen LogP) is 3.37. The minimum absolute atomic E-state index is 0.0958. The summed E-state index contributed by atoms with van der Waals surface area (Å²) in [5.74, 6) is 2.17. The van der Waals surface area contributed by atoms with Gasteiger partial charge in [0.2, 0.25) is 18.6 Å². The van der Waals surface area contributed by atoms with E-state index in [1.165, 1.54) is 18.4 Å². The Morgan fingerprint density at radius 1 is 0.914 bits per heavy atom. The minimum atomic E-state index is -0.131. The van der Waals surface area contributed by atoms with Crippen LogP contribution >= 0.6 is 0 Å². The average molecular weight is 478 g/mol. The van der Waals surface area contributed by atoms with E-state index >= 15 is 0 Å². The lowest BCUT2D eigenvalue weighted by atomic mass is 9.94. The summed E-state index contributed by atoms with van der Waals surface area (Å²) in [4.78, 5) is 30.5. The largest absolute Gasteiger partial charge is 0.454 e. The molecule has 0 aromatic heterocycles. The second-order valence-corrected chi connectivity index (χ2v) is 9.80. The molecule has 1 unspecified atom stereocenters. The number of fused-ring (bicyclic) bond motifs is 1. The van der Waals surface area contributed by atoms with Crippen molar-refractivity contribution in [3.05, 3.63) is 59.7 Å². The van der Waals surface area contributed by atoms with Crippen LogP contribution in [0.15, 0.2) is 48.5 Å². The van der Waals surface area contributed by atoms with Crippen LogP contribution in [0.4, 0.5) is 0 Å². The van der Waals surface area contributed by atoms with Crippen LogP contribution in [0, 0.1) is 5.92 Å². The highest BCUT2D eigenvalue weighted by molar-refractivity contribution is 5.82. The molecular weight excluding hydrogens is 442 g/mol. The van der Waals surface area contributed by atoms with E-state index in [1.807, 2.05) is 41.3 Å². The predicted molar refractivity (Wildman–Crippen MR) is 133 cm³/mol. The van der Waals surface area contributed by atoms with E-state index in [0.717, 1.165) is 49.4 Å². The first-order chi connectivity index (χ1) is 17.2. The number of benzene rings is 2. The zero-order chi connectivity index (χ0) is 24.0. The smallest absolute Gasteiger partial charge is 0.237 e. The fourth-order valence-corrected chi connectivity index (χ4v) is 5.60. The molecule has 1 saturated heterocycles. The van der Waals surface area contributed by atoms with E-state index in [0.29, 0.717) is 32.0 Å². The monoisotopic (exact) mass is 477 g/mol. The Labute approximate surface area is 207 Å². The van der Waals surface area contributed by atoms with Crippen molar-refractivity contribution < 1.29 is 19.1 Å². The molecule has 2 fully saturated rings. The molecule has 7 nitrogen and oxygen atoms in total. The van der Waals surface area contributed by atoms with E-state index in [1.54, 1.807) is 0 Å². The molecular formula is C28H35N3O4. The number of rotatable bonds is 8. The molecule has 2 aromatic carbocycles. The van der Waals surface area contributed by atoms with Crippen molar-refractivity contribution in [2.45, 2.75) is 51.1 Å². The SMILES string of the molecule is O=C(NCc1ccc2c(c1)OCO2)C(C1CCCC1)N1CCN(C(=O)CCc2ccccc2)CC1. The second kappa shape index (κ2) is 11.1. The molecule has 2 aromatic rings. The molecule has 35 heavy (non-hydrogen) atoms. The van der Waals surface area contributed by atoms with Crippen molar-refractivity contribution in [3.8, 4) is 11.5 Å². The zero-order valence-electron chi connectivity index (χ0n) is 20.3. The summed E-state index contributed by atoms with van der Waals surface area (Å²) in [5, 5.41) is 3.18. The number of ether oxygens (including phenoxy) is 2. The summed E-state index contributed by atoms with van der Waals surface area (Å²) in [6.45, 7) is 3.58. The summed E-state index contributed by atoms with van der Waals surface area (Å²) >= 11 is 0. The lowest BCUT2D eigenvalue weighted by molar-refractivity contribution is -0.135. The number of carbonyl (C=O) groups is 2. The summed E-state index contributed by atoms with van der Waals surface area (Å²) in [6, 6.07) is 15.8. The summed E-state index contributed by atoms with van der Waals surface area (Å²) < 4.78 is 10.8. The molecule has 2 heterocycles. The lowest BCUT2D eigenvalue weighted by Gasteiger charge is -2.40. The van der Waals surface area contributed by atoms with Gasteiger partial charge < -0.3 is 19.7 Å². The first-order valence-electron chi connectivity index (χ1n) is 12.9. The van der Waals surface area contributed by atoms with E-state index in [-0.39, 0.29) is 24.6 Å². The van der Waals surface area contributed by atoms with E-state index in [4.69, 9.17) is 9.47 Å². The normalized spacial score (nSPS) is 19.0. The fourth-order valence-electron chi connectivity index (χ4n) is 5.60. The van der Waals surface area contributed by atoms with Crippen molar-refractivity contribution in [2.75, 3.05) is 33.0 Å². The molecule has 1 aliphatic carbocycles. The van der Waals surface area contributed by atoms with Crippen LogP contribution in [0.1, 0.15) is 43.2 Å². The molecule has 2 aliphatic heterocycles. The van der Waals surface area contributed by atoms with E-state index in [9.17, 15) is 9.59 Å². The maximum absolute atomic E-state index is 13.4. The Bertz CT molecular complexity index is 1010. The second-order valence-electron chi connectivity index (χ2n) is 9.80. The average Bonchev–Trinajstić information content (AvgIpc) is 3.59. The van der Waals surface area contributed by atoms with Crippen LogP contribution in [0.3, 0.4) is 0 Å². The number of hydrogen-bond acceptors (Lipinski definition) is 5. The van der Waals surface area contributed by atoms with Gasteiger partial charge in [0.05, 0.1) is 6.04 Å². The summed E-state index contributed by atoms with van der Waals surface area (Å²) in [7, 11) is 0. The van der Waals surface area contributed by atoms with Gasteiger partial charge in [0.1, 0.15) is 0 Å². The third-order valence-corrected chi connectivity index (χ3v) is 7.55. The van der Waals surface area contributed by atoms with Gasteiger partial charge in [-0.1, -0.05) is 49.2 Å². The lowest BCUT2D eigenvalue weighted by Crippen LogP contribution is -2.57. The Hall–Kier alpha value is -3.06. The number of aryl methyl sites for hydroxylation is 1. The molecule has 3 aliphatic rings. The summed E-state index contributed by atoms with van der Waals surface area (Å²) in [5.41, 5.74) is 2.20. The molecule has 1 saturated carbocycles. The van der Waals surface area contributed by atoms with Crippen molar-refractivity contribution in [2.24, 2.45) is 5.92 Å². The Morgan fingerprint density at radius 2 is 1.66 bits per heavy atom. The molecule has 2 amide bonds. The number of carbonyl (C=O) groups excluding carboxylic acids is 2. The van der Waals surface area contributed by atoms with Gasteiger partial charge in [0.15, 0.2) is 11.5 Å². The van der Waals surface area contributed by atoms with Crippen LogP contribution in [0.5, 0.6) is 11.5 Å². The highest BCUT2D eigenvalue weighted by Crippen LogP contribution is 2.33. The number of nitrogens with one attached hydrogen (secondary N) is 1. The zero-order valence-corrected chi connectivity index (χ0v) is 20.3. The molecule has 1 N–H and O–H groups in total. The Kier molecular flexibility index (Phi) is 7.52. The van der Waals surface area contributed by atoms with Crippen LogP contribution in [-0.4, -0.2) is 60.6 Å². The first-order valence-corrected chi connectivity index (χ1v) is 12.9. The highest BCUT2D eigenvalue weighted by Gasteiger charge is 2.37. The number of piperazine rings is 1. The number of hydrogen-bond donors (Lipinski definition) is 1. The molecule has 186 valence electrons.